The maximum Gasteiger partial charge on any atom is 0.419 e. The van der Waals surface area contributed by atoms with Gasteiger partial charge in [0.1, 0.15) is 11.6 Å². The summed E-state index contributed by atoms with van der Waals surface area (Å²) in [6.45, 7) is 0. The van der Waals surface area contributed by atoms with Gasteiger partial charge in [0.2, 0.25) is 0 Å². The molecule has 26 heavy (non-hydrogen) atoms. The minimum Gasteiger partial charge on any atom is -0.496 e. The van der Waals surface area contributed by atoms with Gasteiger partial charge < -0.3 is 9.72 Å². The number of methoxy groups -OCH3 is 1. The van der Waals surface area contributed by atoms with Crippen molar-refractivity contribution in [2.45, 2.75) is 12.6 Å². The number of carbonyl (C=O) groups excluding carboxylic acids is 1. The lowest BCUT2D eigenvalue weighted by Gasteiger charge is -2.09. The first-order valence-electron chi connectivity index (χ1n) is 7.44. The highest BCUT2D eigenvalue weighted by Gasteiger charge is 2.35. The summed E-state index contributed by atoms with van der Waals surface area (Å²) in [6, 6.07) is 6.11. The van der Waals surface area contributed by atoms with Gasteiger partial charge in [0.25, 0.3) is 0 Å². The van der Waals surface area contributed by atoms with Crippen molar-refractivity contribution in [3.05, 3.63) is 64.1 Å². The van der Waals surface area contributed by atoms with E-state index in [2.05, 4.69) is 4.98 Å². The van der Waals surface area contributed by atoms with E-state index < -0.39 is 23.3 Å². The summed E-state index contributed by atoms with van der Waals surface area (Å²) in [5.41, 5.74) is -0.721. The number of fused-ring (bicyclic) bond motifs is 1. The number of nitrogens with one attached hydrogen (secondary N) is 1. The molecule has 1 N–H and O–H groups in total. The maximum atomic E-state index is 13.7. The molecule has 136 valence electrons. The van der Waals surface area contributed by atoms with E-state index in [1.807, 2.05) is 0 Å². The number of benzene rings is 2. The van der Waals surface area contributed by atoms with Crippen molar-refractivity contribution in [2.24, 2.45) is 0 Å². The Morgan fingerprint density at radius 1 is 1.23 bits per heavy atom. The number of aromatic nitrogens is 1. The molecule has 3 aromatic rings. The Hall–Kier alpha value is -2.54. The standard InChI is InChI=1S/C18H12ClF4NO2/c1-26-17-5-10(19)3-2-9(17)4-16(25)12-8-24-15-7-14(20)13(6-11(12)15)18(21,22)23/h2-3,5-8,24H,4H2,1H3. The number of alkyl halides is 3. The molecule has 1 heterocycles. The molecule has 0 amide bonds. The third kappa shape index (κ3) is 3.39. The summed E-state index contributed by atoms with van der Waals surface area (Å²) in [4.78, 5) is 15.2. The molecule has 0 spiro atoms. The van der Waals surface area contributed by atoms with Crippen molar-refractivity contribution < 1.29 is 27.1 Å². The summed E-state index contributed by atoms with van der Waals surface area (Å²) >= 11 is 5.87. The molecule has 0 saturated carbocycles. The number of Topliss-reactive ketones (excluding diaryl/α,β-unsaturated/α-hetero) is 1. The molecule has 3 rings (SSSR count). The number of hydrogen-bond acceptors (Lipinski definition) is 2. The van der Waals surface area contributed by atoms with E-state index in [0.717, 1.165) is 6.07 Å². The number of aromatic amines is 1. The third-order valence-electron chi connectivity index (χ3n) is 3.98. The highest BCUT2D eigenvalue weighted by atomic mass is 35.5. The van der Waals surface area contributed by atoms with Gasteiger partial charge in [-0.15, -0.1) is 0 Å². The molecule has 0 radical (unpaired) electrons. The van der Waals surface area contributed by atoms with Crippen molar-refractivity contribution in [3.8, 4) is 5.75 Å². The molecule has 0 aliphatic rings. The van der Waals surface area contributed by atoms with Crippen molar-refractivity contribution in [1.29, 1.82) is 0 Å². The van der Waals surface area contributed by atoms with Gasteiger partial charge in [0.15, 0.2) is 5.78 Å². The zero-order valence-electron chi connectivity index (χ0n) is 13.4. The second kappa shape index (κ2) is 6.64. The second-order valence-corrected chi connectivity index (χ2v) is 6.07. The molecule has 0 aliphatic heterocycles. The van der Waals surface area contributed by atoms with Crippen LogP contribution < -0.4 is 4.74 Å². The molecule has 0 atom stereocenters. The minimum absolute atomic E-state index is 0.0108. The predicted octanol–water partition coefficient (Wildman–Crippen LogP) is 5.41. The lowest BCUT2D eigenvalue weighted by molar-refractivity contribution is -0.139. The first kappa shape index (κ1) is 18.3. The van der Waals surface area contributed by atoms with Crippen LogP contribution >= 0.6 is 11.6 Å². The molecule has 0 unspecified atom stereocenters. The van der Waals surface area contributed by atoms with Crippen LogP contribution in [0.3, 0.4) is 0 Å². The first-order valence-corrected chi connectivity index (χ1v) is 7.82. The quantitative estimate of drug-likeness (QED) is 0.481. The molecule has 0 bridgehead atoms. The van der Waals surface area contributed by atoms with E-state index >= 15 is 0 Å². The number of rotatable bonds is 4. The average Bonchev–Trinajstić information content (AvgIpc) is 2.97. The molecule has 0 aliphatic carbocycles. The zero-order valence-corrected chi connectivity index (χ0v) is 14.1. The number of H-pyrrole nitrogens is 1. The number of ether oxygens (including phenoxy) is 1. The van der Waals surface area contributed by atoms with Crippen LogP contribution in [-0.4, -0.2) is 17.9 Å². The fraction of sp³-hybridized carbons (Fsp3) is 0.167. The summed E-state index contributed by atoms with van der Waals surface area (Å²) in [7, 11) is 1.42. The van der Waals surface area contributed by atoms with E-state index in [9.17, 15) is 22.4 Å². The van der Waals surface area contributed by atoms with Gasteiger partial charge in [0.05, 0.1) is 12.7 Å². The Morgan fingerprint density at radius 2 is 1.96 bits per heavy atom. The molecule has 3 nitrogen and oxygen atoms in total. The first-order chi connectivity index (χ1) is 12.2. The largest absolute Gasteiger partial charge is 0.496 e. The van der Waals surface area contributed by atoms with Crippen molar-refractivity contribution in [3.63, 3.8) is 0 Å². The van der Waals surface area contributed by atoms with E-state index in [1.165, 1.54) is 19.4 Å². The van der Waals surface area contributed by atoms with Crippen LogP contribution in [-0.2, 0) is 12.6 Å². The Balaban J connectivity index is 2.01. The lowest BCUT2D eigenvalue weighted by atomic mass is 10.0. The number of hydrogen-bond donors (Lipinski definition) is 1. The summed E-state index contributed by atoms with van der Waals surface area (Å²) in [5, 5.41) is 0.437. The Labute approximate surface area is 150 Å². The molecular weight excluding hydrogens is 374 g/mol. The predicted molar refractivity (Wildman–Crippen MR) is 89.3 cm³/mol. The van der Waals surface area contributed by atoms with Crippen LogP contribution in [0.5, 0.6) is 5.75 Å². The van der Waals surface area contributed by atoms with Crippen LogP contribution in [0.1, 0.15) is 21.5 Å². The third-order valence-corrected chi connectivity index (χ3v) is 4.21. The van der Waals surface area contributed by atoms with Crippen molar-refractivity contribution in [2.75, 3.05) is 7.11 Å². The van der Waals surface area contributed by atoms with Crippen LogP contribution in [0.15, 0.2) is 36.5 Å². The lowest BCUT2D eigenvalue weighted by Crippen LogP contribution is -2.09. The van der Waals surface area contributed by atoms with Crippen LogP contribution in [0.2, 0.25) is 5.02 Å². The number of ketones is 1. The summed E-state index contributed by atoms with van der Waals surface area (Å²) in [5.74, 6) is -1.44. The van der Waals surface area contributed by atoms with E-state index in [4.69, 9.17) is 16.3 Å². The Bertz CT molecular complexity index is 995. The van der Waals surface area contributed by atoms with Gasteiger partial charge >= 0.3 is 6.18 Å². The monoisotopic (exact) mass is 385 g/mol. The Kier molecular flexibility index (Phi) is 4.66. The van der Waals surface area contributed by atoms with E-state index in [-0.39, 0.29) is 22.9 Å². The molecule has 8 heteroatoms. The van der Waals surface area contributed by atoms with Gasteiger partial charge in [-0.05, 0) is 24.3 Å². The van der Waals surface area contributed by atoms with Gasteiger partial charge in [-0.3, -0.25) is 4.79 Å². The highest BCUT2D eigenvalue weighted by molar-refractivity contribution is 6.30. The van der Waals surface area contributed by atoms with Crippen LogP contribution in [0, 0.1) is 5.82 Å². The highest BCUT2D eigenvalue weighted by Crippen LogP contribution is 2.35. The summed E-state index contributed by atoms with van der Waals surface area (Å²) in [6.07, 6.45) is -3.68. The van der Waals surface area contributed by atoms with Crippen LogP contribution in [0.25, 0.3) is 10.9 Å². The smallest absolute Gasteiger partial charge is 0.419 e. The summed E-state index contributed by atoms with van der Waals surface area (Å²) < 4.78 is 57.6. The van der Waals surface area contributed by atoms with Gasteiger partial charge in [0, 0.05) is 39.7 Å². The van der Waals surface area contributed by atoms with Gasteiger partial charge in [-0.25, -0.2) is 4.39 Å². The second-order valence-electron chi connectivity index (χ2n) is 5.63. The van der Waals surface area contributed by atoms with E-state index in [1.54, 1.807) is 12.1 Å². The van der Waals surface area contributed by atoms with Gasteiger partial charge in [-0.2, -0.15) is 13.2 Å². The minimum atomic E-state index is -4.85. The fourth-order valence-corrected chi connectivity index (χ4v) is 2.89. The van der Waals surface area contributed by atoms with Crippen LogP contribution in [0.4, 0.5) is 17.6 Å². The number of halogens is 5. The Morgan fingerprint density at radius 3 is 2.62 bits per heavy atom. The molecule has 1 aromatic heterocycles. The normalized spacial score (nSPS) is 11.8. The van der Waals surface area contributed by atoms with Crippen molar-refractivity contribution >= 4 is 28.3 Å². The van der Waals surface area contributed by atoms with Gasteiger partial charge in [-0.1, -0.05) is 17.7 Å². The zero-order chi connectivity index (χ0) is 19.1. The average molecular weight is 386 g/mol. The topological polar surface area (TPSA) is 42.1 Å². The van der Waals surface area contributed by atoms with Crippen molar-refractivity contribution in [1.82, 2.24) is 4.98 Å². The number of carbonyl (C=O) groups is 1. The van der Waals surface area contributed by atoms with E-state index in [0.29, 0.717) is 22.4 Å². The maximum absolute atomic E-state index is 13.7. The fourth-order valence-electron chi connectivity index (χ4n) is 2.72. The SMILES string of the molecule is COc1cc(Cl)ccc1CC(=O)c1c[nH]c2cc(F)c(C(F)(F)F)cc12. The molecule has 2 aromatic carbocycles. The molecule has 0 fully saturated rings. The molecular formula is C18H12ClF4NO2. The molecule has 0 saturated heterocycles.